The summed E-state index contributed by atoms with van der Waals surface area (Å²) >= 11 is 0. The SMILES string of the molecule is CC(C)C(NC(=O)N1C2CCC1CC1(C2)CC1(F)F)c1nnc2ccccn12. The third-order valence-corrected chi connectivity index (χ3v) is 6.88. The fourth-order valence-electron chi connectivity index (χ4n) is 5.31. The van der Waals surface area contributed by atoms with Gasteiger partial charge in [0.1, 0.15) is 0 Å². The Morgan fingerprint density at radius 2 is 1.89 bits per heavy atom. The van der Waals surface area contributed by atoms with Gasteiger partial charge < -0.3 is 10.2 Å². The zero-order valence-electron chi connectivity index (χ0n) is 16.1. The summed E-state index contributed by atoms with van der Waals surface area (Å²) in [6, 6.07) is 5.02. The Morgan fingerprint density at radius 1 is 1.21 bits per heavy atom. The summed E-state index contributed by atoms with van der Waals surface area (Å²) < 4.78 is 29.7. The molecule has 3 unspecified atom stereocenters. The molecule has 1 saturated carbocycles. The van der Waals surface area contributed by atoms with E-state index in [1.165, 1.54) is 0 Å². The normalized spacial score (nSPS) is 31.5. The van der Waals surface area contributed by atoms with Crippen molar-refractivity contribution in [3.63, 3.8) is 0 Å². The maximum Gasteiger partial charge on any atom is 0.318 e. The molecule has 3 fully saturated rings. The minimum Gasteiger partial charge on any atom is -0.328 e. The third-order valence-electron chi connectivity index (χ3n) is 6.88. The molecule has 0 radical (unpaired) electrons. The molecular weight excluding hydrogens is 364 g/mol. The van der Waals surface area contributed by atoms with Gasteiger partial charge in [-0.05, 0) is 43.7 Å². The quantitative estimate of drug-likeness (QED) is 0.869. The first-order valence-electron chi connectivity index (χ1n) is 10.1. The van der Waals surface area contributed by atoms with Gasteiger partial charge in [0.15, 0.2) is 11.5 Å². The molecule has 0 aromatic carbocycles. The average Bonchev–Trinajstić information content (AvgIpc) is 2.95. The van der Waals surface area contributed by atoms with Crippen LogP contribution in [0.5, 0.6) is 0 Å². The van der Waals surface area contributed by atoms with Crippen LogP contribution in [0.4, 0.5) is 13.6 Å². The van der Waals surface area contributed by atoms with Gasteiger partial charge in [-0.2, -0.15) is 0 Å². The minimum atomic E-state index is -2.54. The zero-order valence-corrected chi connectivity index (χ0v) is 16.1. The summed E-state index contributed by atoms with van der Waals surface area (Å²) in [7, 11) is 0. The number of fused-ring (bicyclic) bond motifs is 3. The van der Waals surface area contributed by atoms with E-state index in [1.807, 2.05) is 47.5 Å². The summed E-state index contributed by atoms with van der Waals surface area (Å²) in [6.45, 7) is 4.05. The van der Waals surface area contributed by atoms with Crippen LogP contribution >= 0.6 is 0 Å². The second-order valence-corrected chi connectivity index (χ2v) is 9.02. The molecule has 2 amide bonds. The van der Waals surface area contributed by atoms with Crippen LogP contribution in [0.15, 0.2) is 24.4 Å². The van der Waals surface area contributed by atoms with E-state index in [-0.39, 0.29) is 36.5 Å². The molecule has 1 N–H and O–H groups in total. The molecule has 1 aliphatic carbocycles. The van der Waals surface area contributed by atoms with Gasteiger partial charge in [0, 0.05) is 30.1 Å². The van der Waals surface area contributed by atoms with Crippen molar-refractivity contribution in [1.29, 1.82) is 0 Å². The van der Waals surface area contributed by atoms with Gasteiger partial charge in [0.2, 0.25) is 0 Å². The van der Waals surface area contributed by atoms with E-state index in [1.54, 1.807) is 0 Å². The van der Waals surface area contributed by atoms with Crippen LogP contribution in [-0.4, -0.2) is 43.5 Å². The van der Waals surface area contributed by atoms with Gasteiger partial charge in [-0.25, -0.2) is 13.6 Å². The number of amides is 2. The number of carbonyl (C=O) groups excluding carboxylic acids is 1. The molecule has 2 bridgehead atoms. The standard InChI is InChI=1S/C20H25F2N5O/c1-12(2)16(17-25-24-15-5-3-4-8-26(15)17)23-18(28)27-13-6-7-14(27)10-19(9-13)11-20(19,21)22/h3-5,8,12-14,16H,6-7,9-11H2,1-2H3,(H,23,28). The lowest BCUT2D eigenvalue weighted by molar-refractivity contribution is 0.0163. The van der Waals surface area contributed by atoms with E-state index in [2.05, 4.69) is 15.5 Å². The number of urea groups is 1. The summed E-state index contributed by atoms with van der Waals surface area (Å²) in [6.07, 6.45) is 4.35. The predicted octanol–water partition coefficient (Wildman–Crippen LogP) is 3.79. The van der Waals surface area contributed by atoms with Crippen molar-refractivity contribution in [3.05, 3.63) is 30.2 Å². The molecule has 2 aromatic heterocycles. The molecule has 3 aliphatic rings. The smallest absolute Gasteiger partial charge is 0.318 e. The van der Waals surface area contributed by atoms with Gasteiger partial charge in [-0.15, -0.1) is 10.2 Å². The number of hydrogen-bond acceptors (Lipinski definition) is 3. The van der Waals surface area contributed by atoms with Crippen LogP contribution in [0.1, 0.15) is 57.8 Å². The summed E-state index contributed by atoms with van der Waals surface area (Å²) in [5.41, 5.74) is -0.121. The van der Waals surface area contributed by atoms with Crippen molar-refractivity contribution in [3.8, 4) is 0 Å². The second kappa shape index (κ2) is 5.87. The van der Waals surface area contributed by atoms with E-state index in [9.17, 15) is 13.6 Å². The maximum absolute atomic E-state index is 13.9. The predicted molar refractivity (Wildman–Crippen MR) is 99.0 cm³/mol. The lowest BCUT2D eigenvalue weighted by Crippen LogP contribution is -2.53. The number of pyridine rings is 1. The molecule has 4 heterocycles. The maximum atomic E-state index is 13.9. The van der Waals surface area contributed by atoms with E-state index < -0.39 is 11.3 Å². The van der Waals surface area contributed by atoms with E-state index in [0.717, 1.165) is 18.5 Å². The van der Waals surface area contributed by atoms with Crippen molar-refractivity contribution >= 4 is 11.7 Å². The molecule has 3 atom stereocenters. The monoisotopic (exact) mass is 389 g/mol. The van der Waals surface area contributed by atoms with Gasteiger partial charge in [-0.3, -0.25) is 4.40 Å². The number of halogens is 2. The Bertz CT molecular complexity index is 912. The largest absolute Gasteiger partial charge is 0.328 e. The summed E-state index contributed by atoms with van der Waals surface area (Å²) in [5, 5.41) is 11.6. The second-order valence-electron chi connectivity index (χ2n) is 9.02. The van der Waals surface area contributed by atoms with Crippen molar-refractivity contribution < 1.29 is 13.6 Å². The number of aromatic nitrogens is 3. The summed E-state index contributed by atoms with van der Waals surface area (Å²) in [5.74, 6) is -1.75. The van der Waals surface area contributed by atoms with Crippen LogP contribution in [0.2, 0.25) is 0 Å². The third kappa shape index (κ3) is 2.53. The van der Waals surface area contributed by atoms with Crippen LogP contribution in [0.25, 0.3) is 5.65 Å². The van der Waals surface area contributed by atoms with Crippen molar-refractivity contribution in [2.75, 3.05) is 0 Å². The molecule has 2 aliphatic heterocycles. The topological polar surface area (TPSA) is 62.5 Å². The van der Waals surface area contributed by atoms with E-state index in [0.29, 0.717) is 18.7 Å². The molecule has 2 aromatic rings. The number of nitrogens with one attached hydrogen (secondary N) is 1. The Kier molecular flexibility index (Phi) is 3.74. The molecule has 8 heteroatoms. The molecule has 28 heavy (non-hydrogen) atoms. The van der Waals surface area contributed by atoms with E-state index in [4.69, 9.17) is 0 Å². The molecule has 2 saturated heterocycles. The number of nitrogens with zero attached hydrogens (tertiary/aromatic N) is 4. The lowest BCUT2D eigenvalue weighted by Gasteiger charge is -2.40. The Labute approximate surface area is 162 Å². The van der Waals surface area contributed by atoms with Crippen LogP contribution in [0.3, 0.4) is 0 Å². The van der Waals surface area contributed by atoms with Gasteiger partial charge in [0.05, 0.1) is 6.04 Å². The van der Waals surface area contributed by atoms with Crippen molar-refractivity contribution in [1.82, 2.24) is 24.8 Å². The highest BCUT2D eigenvalue weighted by atomic mass is 19.3. The first-order valence-corrected chi connectivity index (χ1v) is 10.1. The highest BCUT2D eigenvalue weighted by Crippen LogP contribution is 2.69. The van der Waals surface area contributed by atoms with E-state index >= 15 is 0 Å². The fraction of sp³-hybridized carbons (Fsp3) is 0.650. The van der Waals surface area contributed by atoms with Gasteiger partial charge in [0.25, 0.3) is 5.92 Å². The highest BCUT2D eigenvalue weighted by molar-refractivity contribution is 5.76. The molecule has 6 nitrogen and oxygen atoms in total. The summed E-state index contributed by atoms with van der Waals surface area (Å²) in [4.78, 5) is 15.0. The highest BCUT2D eigenvalue weighted by Gasteiger charge is 2.74. The minimum absolute atomic E-state index is 0.0111. The first kappa shape index (κ1) is 17.8. The molecule has 5 rings (SSSR count). The van der Waals surface area contributed by atoms with Crippen LogP contribution < -0.4 is 5.32 Å². The lowest BCUT2D eigenvalue weighted by atomic mass is 9.87. The molecule has 150 valence electrons. The number of hydrogen-bond donors (Lipinski definition) is 1. The van der Waals surface area contributed by atoms with Gasteiger partial charge in [-0.1, -0.05) is 19.9 Å². The van der Waals surface area contributed by atoms with Gasteiger partial charge >= 0.3 is 6.03 Å². The van der Waals surface area contributed by atoms with Crippen molar-refractivity contribution in [2.45, 2.75) is 70.0 Å². The molecular formula is C20H25F2N5O. The zero-order chi connectivity index (χ0) is 19.7. The molecule has 1 spiro atoms. The number of carbonyl (C=O) groups is 1. The van der Waals surface area contributed by atoms with Crippen LogP contribution in [-0.2, 0) is 0 Å². The number of alkyl halides is 2. The number of piperidine rings is 1. The first-order chi connectivity index (χ1) is 13.3. The van der Waals surface area contributed by atoms with Crippen molar-refractivity contribution in [2.24, 2.45) is 11.3 Å². The number of rotatable bonds is 3. The Hall–Kier alpha value is -2.25. The Morgan fingerprint density at radius 3 is 2.50 bits per heavy atom. The fourth-order valence-corrected chi connectivity index (χ4v) is 5.31. The average molecular weight is 389 g/mol. The Balaban J connectivity index is 1.37. The van der Waals surface area contributed by atoms with Crippen LogP contribution in [0, 0.1) is 11.3 Å².